The van der Waals surface area contributed by atoms with Crippen LogP contribution in [0.15, 0.2) is 11.6 Å². The van der Waals surface area contributed by atoms with Crippen molar-refractivity contribution in [3.05, 3.63) is 11.6 Å². The fourth-order valence-corrected chi connectivity index (χ4v) is 5.83. The summed E-state index contributed by atoms with van der Waals surface area (Å²) in [6.45, 7) is 6.31. The van der Waals surface area contributed by atoms with Gasteiger partial charge in [-0.2, -0.15) is 0 Å². The van der Waals surface area contributed by atoms with Crippen molar-refractivity contribution in [2.75, 3.05) is 27.2 Å². The number of carbonyl (C=O) groups excluding carboxylic acids is 3. The molecule has 0 aromatic rings. The van der Waals surface area contributed by atoms with E-state index in [1.165, 1.54) is 10.5 Å². The number of nitrogens with one attached hydrogen (secondary N) is 1. The van der Waals surface area contributed by atoms with Gasteiger partial charge in [-0.15, -0.1) is 0 Å². The molecule has 4 aliphatic rings. The molecule has 0 saturated carbocycles. The van der Waals surface area contributed by atoms with Crippen LogP contribution in [0.2, 0.25) is 0 Å². The molecular weight excluding hydrogens is 412 g/mol. The number of carboxylic acid groups (broad SMARTS) is 1. The highest BCUT2D eigenvalue weighted by molar-refractivity contribution is 6.06. The lowest BCUT2D eigenvalue weighted by Gasteiger charge is -2.45. The Morgan fingerprint density at radius 2 is 1.72 bits per heavy atom. The van der Waals surface area contributed by atoms with Gasteiger partial charge in [0.25, 0.3) is 11.9 Å². The van der Waals surface area contributed by atoms with E-state index in [9.17, 15) is 14.4 Å². The highest BCUT2D eigenvalue weighted by Crippen LogP contribution is 2.48. The highest BCUT2D eigenvalue weighted by Gasteiger charge is 2.59. The van der Waals surface area contributed by atoms with E-state index in [1.807, 2.05) is 4.90 Å². The van der Waals surface area contributed by atoms with Gasteiger partial charge >= 0.3 is 6.03 Å². The van der Waals surface area contributed by atoms with Gasteiger partial charge in [0.15, 0.2) is 0 Å². The number of fused-ring (bicyclic) bond motifs is 2. The van der Waals surface area contributed by atoms with Crippen LogP contribution in [0.1, 0.15) is 59.3 Å². The molecule has 0 radical (unpaired) electrons. The number of rotatable bonds is 3. The second-order valence-corrected chi connectivity index (χ2v) is 9.89. The van der Waals surface area contributed by atoms with Gasteiger partial charge in [-0.05, 0) is 52.4 Å². The smallest absolute Gasteiger partial charge is 0.327 e. The Morgan fingerprint density at radius 1 is 1.12 bits per heavy atom. The van der Waals surface area contributed by atoms with Crippen LogP contribution in [0.25, 0.3) is 0 Å². The zero-order valence-corrected chi connectivity index (χ0v) is 19.8. The van der Waals surface area contributed by atoms with E-state index in [2.05, 4.69) is 25.2 Å². The molecule has 32 heavy (non-hydrogen) atoms. The summed E-state index contributed by atoms with van der Waals surface area (Å²) in [6, 6.07) is 0.451. The summed E-state index contributed by atoms with van der Waals surface area (Å²) in [5.41, 5.74) is 0.109. The average Bonchev–Trinajstić information content (AvgIpc) is 3.40. The van der Waals surface area contributed by atoms with Crippen molar-refractivity contribution in [1.29, 1.82) is 0 Å². The minimum atomic E-state index is -0.833. The van der Waals surface area contributed by atoms with Crippen molar-refractivity contribution in [3.8, 4) is 0 Å². The lowest BCUT2D eigenvalue weighted by Crippen LogP contribution is -2.59. The van der Waals surface area contributed by atoms with Gasteiger partial charge < -0.3 is 20.2 Å². The van der Waals surface area contributed by atoms with E-state index in [0.29, 0.717) is 32.0 Å². The number of carbonyl (C=O) groups is 4. The highest BCUT2D eigenvalue weighted by atomic mass is 16.4. The van der Waals surface area contributed by atoms with E-state index in [1.54, 1.807) is 19.0 Å². The van der Waals surface area contributed by atoms with Crippen LogP contribution in [0.4, 0.5) is 4.79 Å². The molecule has 4 fully saturated rings. The van der Waals surface area contributed by atoms with E-state index in [4.69, 9.17) is 9.90 Å². The number of hydrogen-bond donors (Lipinski definition) is 2. The number of imide groups is 1. The van der Waals surface area contributed by atoms with Crippen LogP contribution in [-0.2, 0) is 14.4 Å². The molecule has 4 heterocycles. The summed E-state index contributed by atoms with van der Waals surface area (Å²) in [5.74, 6) is -0.736. The summed E-state index contributed by atoms with van der Waals surface area (Å²) in [5, 5.41) is 11.1. The largest absolute Gasteiger partial charge is 0.481 e. The van der Waals surface area contributed by atoms with Crippen molar-refractivity contribution >= 4 is 23.8 Å². The first kappa shape index (κ1) is 24.2. The lowest BCUT2D eigenvalue weighted by atomic mass is 9.69. The molecule has 178 valence electrons. The standard InChI is InChI=1S/C21H32N4O3.C2H4O2/c1-14(2)7-8-20(13-15-5-6-16(20)22-15)17(26)25-11-9-21(10-12-25)18(27)23(3)19(28)24(21)4;1-2(3)4/h7,15-16,22H,5-6,8-13H2,1-4H3;1H3,(H,3,4)/t15-,16+,20+;/m0./s1. The normalized spacial score (nSPS) is 30.5. The third kappa shape index (κ3) is 4.02. The van der Waals surface area contributed by atoms with Gasteiger partial charge in [0.05, 0.1) is 5.41 Å². The number of likely N-dealkylation sites (N-methyl/N-ethyl adjacent to an activating group) is 2. The minimum Gasteiger partial charge on any atom is -0.481 e. The summed E-state index contributed by atoms with van der Waals surface area (Å²) in [6.07, 6.45) is 7.14. The monoisotopic (exact) mass is 448 g/mol. The first-order chi connectivity index (χ1) is 14.9. The number of likely N-dealkylation sites (tertiary alicyclic amines) is 1. The fourth-order valence-electron chi connectivity index (χ4n) is 5.83. The third-order valence-electron chi connectivity index (χ3n) is 7.62. The number of amides is 4. The second-order valence-electron chi connectivity index (χ2n) is 9.89. The quantitative estimate of drug-likeness (QED) is 0.503. The van der Waals surface area contributed by atoms with Gasteiger partial charge in [-0.3, -0.25) is 19.3 Å². The van der Waals surface area contributed by atoms with E-state index in [0.717, 1.165) is 32.6 Å². The number of piperidine rings is 1. The number of aliphatic carboxylic acids is 1. The molecule has 2 bridgehead atoms. The number of nitrogens with zero attached hydrogens (tertiary/aromatic N) is 3. The molecule has 0 unspecified atom stereocenters. The van der Waals surface area contributed by atoms with Gasteiger partial charge in [-0.25, -0.2) is 4.79 Å². The van der Waals surface area contributed by atoms with Gasteiger partial charge in [-0.1, -0.05) is 11.6 Å². The van der Waals surface area contributed by atoms with Crippen LogP contribution < -0.4 is 5.32 Å². The van der Waals surface area contributed by atoms with Crippen LogP contribution in [0.5, 0.6) is 0 Å². The Bertz CT molecular complexity index is 824. The molecule has 4 saturated heterocycles. The fraction of sp³-hybridized carbons (Fsp3) is 0.739. The SMILES string of the molecule is CC(=O)O.CC(C)=CC[C@@]1(C(=O)N2CCC3(CC2)C(=O)N(C)C(=O)N3C)C[C@@H]2CC[C@H]1N2. The molecule has 0 aliphatic carbocycles. The predicted molar refractivity (Wildman–Crippen MR) is 119 cm³/mol. The molecular formula is C23H36N4O5. The molecule has 9 heteroatoms. The van der Waals surface area contributed by atoms with Gasteiger partial charge in [0, 0.05) is 46.2 Å². The molecule has 9 nitrogen and oxygen atoms in total. The van der Waals surface area contributed by atoms with Crippen molar-refractivity contribution in [2.24, 2.45) is 5.41 Å². The Hall–Kier alpha value is -2.42. The maximum absolute atomic E-state index is 13.7. The minimum absolute atomic E-state index is 0.132. The van der Waals surface area contributed by atoms with Crippen molar-refractivity contribution in [3.63, 3.8) is 0 Å². The zero-order chi connectivity index (χ0) is 23.8. The predicted octanol–water partition coefficient (Wildman–Crippen LogP) is 1.83. The first-order valence-corrected chi connectivity index (χ1v) is 11.4. The summed E-state index contributed by atoms with van der Waals surface area (Å²) in [4.78, 5) is 52.4. The maximum Gasteiger partial charge on any atom is 0.327 e. The molecule has 4 amide bonds. The Balaban J connectivity index is 0.000000668. The number of carboxylic acids is 1. The van der Waals surface area contributed by atoms with Crippen LogP contribution in [0, 0.1) is 5.41 Å². The van der Waals surface area contributed by atoms with Crippen LogP contribution >= 0.6 is 0 Å². The van der Waals surface area contributed by atoms with Gasteiger partial charge in [0.2, 0.25) is 5.91 Å². The maximum atomic E-state index is 13.7. The van der Waals surface area contributed by atoms with Crippen molar-refractivity contribution in [2.45, 2.75) is 76.9 Å². The second kappa shape index (κ2) is 8.84. The summed E-state index contributed by atoms with van der Waals surface area (Å²) < 4.78 is 0. The molecule has 2 N–H and O–H groups in total. The molecule has 4 rings (SSSR count). The molecule has 0 aromatic carbocycles. The molecule has 4 aliphatic heterocycles. The average molecular weight is 449 g/mol. The van der Waals surface area contributed by atoms with Crippen molar-refractivity contribution < 1.29 is 24.3 Å². The summed E-state index contributed by atoms with van der Waals surface area (Å²) >= 11 is 0. The number of hydrogen-bond acceptors (Lipinski definition) is 5. The number of allylic oxidation sites excluding steroid dienone is 2. The Morgan fingerprint density at radius 3 is 2.12 bits per heavy atom. The molecule has 3 atom stereocenters. The van der Waals surface area contributed by atoms with E-state index >= 15 is 0 Å². The van der Waals surface area contributed by atoms with Crippen molar-refractivity contribution in [1.82, 2.24) is 20.0 Å². The zero-order valence-electron chi connectivity index (χ0n) is 19.8. The molecule has 1 spiro atoms. The Labute approximate surface area is 189 Å². The van der Waals surface area contributed by atoms with Crippen LogP contribution in [0.3, 0.4) is 0 Å². The number of urea groups is 1. The topological polar surface area (TPSA) is 110 Å². The lowest BCUT2D eigenvalue weighted by molar-refractivity contribution is -0.148. The summed E-state index contributed by atoms with van der Waals surface area (Å²) in [7, 11) is 3.25. The van der Waals surface area contributed by atoms with E-state index in [-0.39, 0.29) is 29.3 Å². The molecule has 0 aromatic heterocycles. The third-order valence-corrected chi connectivity index (χ3v) is 7.62. The van der Waals surface area contributed by atoms with Gasteiger partial charge in [0.1, 0.15) is 5.54 Å². The Kier molecular flexibility index (Phi) is 6.70. The van der Waals surface area contributed by atoms with Crippen LogP contribution in [-0.4, -0.2) is 88.4 Å². The first-order valence-electron chi connectivity index (χ1n) is 11.4. The van der Waals surface area contributed by atoms with E-state index < -0.39 is 11.5 Å².